The lowest BCUT2D eigenvalue weighted by molar-refractivity contribution is -0.146. The molecule has 0 atom stereocenters. The van der Waals surface area contributed by atoms with Gasteiger partial charge in [0.25, 0.3) is 5.91 Å². The van der Waals surface area contributed by atoms with Gasteiger partial charge in [0.1, 0.15) is 17.3 Å². The fraction of sp³-hybridized carbons (Fsp3) is 0.125. The highest BCUT2D eigenvalue weighted by Gasteiger charge is 2.20. The lowest BCUT2D eigenvalue weighted by atomic mass is 10.3. The van der Waals surface area contributed by atoms with Gasteiger partial charge in [0.05, 0.1) is 0 Å². The van der Waals surface area contributed by atoms with Crippen molar-refractivity contribution in [2.24, 2.45) is 0 Å². The molecule has 144 valence electrons. The Balaban J connectivity index is 1.83. The molecule has 0 heterocycles. The first kappa shape index (κ1) is 20.4. The number of nitrogens with one attached hydrogen (secondary N) is 2. The Morgan fingerprint density at radius 2 is 1.67 bits per heavy atom. The minimum absolute atomic E-state index is 0.0600. The Bertz CT molecular complexity index is 966. The molecule has 2 aromatic carbocycles. The van der Waals surface area contributed by atoms with Crippen LogP contribution in [0.3, 0.4) is 0 Å². The maximum atomic E-state index is 13.5. The molecule has 2 N–H and O–H groups in total. The fourth-order valence-electron chi connectivity index (χ4n) is 1.86. The standard InChI is InChI=1S/C16H13F3N2O5S/c17-11-6-5-10(7-13(11)19)21-15(22)9-26-16(23)8-20-27(24,25)14-4-2-1-3-12(14)18/h1-7,20H,8-9H2,(H,21,22). The van der Waals surface area contributed by atoms with Crippen LogP contribution in [-0.2, 0) is 24.3 Å². The molecule has 2 aromatic rings. The van der Waals surface area contributed by atoms with Crippen LogP contribution >= 0.6 is 0 Å². The fourth-order valence-corrected chi connectivity index (χ4v) is 2.91. The summed E-state index contributed by atoms with van der Waals surface area (Å²) in [7, 11) is -4.29. The first-order valence-electron chi connectivity index (χ1n) is 7.34. The molecule has 0 saturated heterocycles. The number of anilines is 1. The van der Waals surface area contributed by atoms with E-state index >= 15 is 0 Å². The predicted molar refractivity (Wildman–Crippen MR) is 87.5 cm³/mol. The lowest BCUT2D eigenvalue weighted by Gasteiger charge is -2.09. The van der Waals surface area contributed by atoms with Crippen molar-refractivity contribution in [1.82, 2.24) is 4.72 Å². The van der Waals surface area contributed by atoms with E-state index in [2.05, 4.69) is 10.1 Å². The number of esters is 1. The molecular weight excluding hydrogens is 389 g/mol. The molecule has 0 saturated carbocycles. The number of benzene rings is 2. The zero-order valence-corrected chi connectivity index (χ0v) is 14.4. The van der Waals surface area contributed by atoms with Gasteiger partial charge >= 0.3 is 5.97 Å². The van der Waals surface area contributed by atoms with E-state index in [0.29, 0.717) is 0 Å². The molecule has 0 aromatic heterocycles. The molecule has 0 fully saturated rings. The van der Waals surface area contributed by atoms with E-state index < -0.39 is 57.4 Å². The summed E-state index contributed by atoms with van der Waals surface area (Å²) < 4.78 is 69.5. The quantitative estimate of drug-likeness (QED) is 0.685. The van der Waals surface area contributed by atoms with E-state index in [9.17, 15) is 31.2 Å². The number of amides is 1. The average Bonchev–Trinajstić information content (AvgIpc) is 2.61. The van der Waals surface area contributed by atoms with E-state index in [0.717, 1.165) is 30.3 Å². The minimum Gasteiger partial charge on any atom is -0.455 e. The number of hydrogen-bond donors (Lipinski definition) is 2. The summed E-state index contributed by atoms with van der Waals surface area (Å²) in [5.74, 6) is -5.22. The lowest BCUT2D eigenvalue weighted by Crippen LogP contribution is -2.32. The summed E-state index contributed by atoms with van der Waals surface area (Å²) in [5.41, 5.74) is -0.0600. The molecular formula is C16H13F3N2O5S. The maximum Gasteiger partial charge on any atom is 0.321 e. The van der Waals surface area contributed by atoms with Gasteiger partial charge in [-0.3, -0.25) is 9.59 Å². The van der Waals surface area contributed by atoms with Crippen LogP contribution in [0.25, 0.3) is 0 Å². The van der Waals surface area contributed by atoms with Crippen molar-refractivity contribution in [2.75, 3.05) is 18.5 Å². The van der Waals surface area contributed by atoms with E-state index in [1.54, 1.807) is 0 Å². The smallest absolute Gasteiger partial charge is 0.321 e. The first-order chi connectivity index (χ1) is 12.7. The van der Waals surface area contributed by atoms with Crippen LogP contribution in [0.1, 0.15) is 0 Å². The Morgan fingerprint density at radius 1 is 0.963 bits per heavy atom. The number of rotatable bonds is 7. The molecule has 11 heteroatoms. The maximum absolute atomic E-state index is 13.5. The summed E-state index contributed by atoms with van der Waals surface area (Å²) in [4.78, 5) is 22.5. The zero-order chi connectivity index (χ0) is 20.0. The van der Waals surface area contributed by atoms with Crippen molar-refractivity contribution in [2.45, 2.75) is 4.90 Å². The van der Waals surface area contributed by atoms with E-state index in [-0.39, 0.29) is 5.69 Å². The van der Waals surface area contributed by atoms with Crippen molar-refractivity contribution in [3.05, 3.63) is 59.9 Å². The third-order valence-corrected chi connectivity index (χ3v) is 4.53. The van der Waals surface area contributed by atoms with Gasteiger partial charge in [-0.15, -0.1) is 0 Å². The molecule has 2 rings (SSSR count). The molecule has 0 unspecified atom stereocenters. The van der Waals surface area contributed by atoms with Crippen LogP contribution in [0.2, 0.25) is 0 Å². The molecule has 0 radical (unpaired) electrons. The number of sulfonamides is 1. The SMILES string of the molecule is O=C(COC(=O)CNS(=O)(=O)c1ccccc1F)Nc1ccc(F)c(F)c1. The van der Waals surface area contributed by atoms with Crippen molar-refractivity contribution >= 4 is 27.6 Å². The van der Waals surface area contributed by atoms with Crippen molar-refractivity contribution in [1.29, 1.82) is 0 Å². The predicted octanol–water partition coefficient (Wildman–Crippen LogP) is 1.56. The van der Waals surface area contributed by atoms with Crippen LogP contribution < -0.4 is 10.0 Å². The normalized spacial score (nSPS) is 11.1. The zero-order valence-electron chi connectivity index (χ0n) is 13.5. The van der Waals surface area contributed by atoms with Gasteiger partial charge in [-0.25, -0.2) is 21.6 Å². The third kappa shape index (κ3) is 5.79. The number of hydrogen-bond acceptors (Lipinski definition) is 5. The van der Waals surface area contributed by atoms with Crippen molar-refractivity contribution in [3.63, 3.8) is 0 Å². The molecule has 7 nitrogen and oxygen atoms in total. The van der Waals surface area contributed by atoms with E-state index in [1.165, 1.54) is 12.1 Å². The monoisotopic (exact) mass is 402 g/mol. The van der Waals surface area contributed by atoms with Gasteiger partial charge in [0, 0.05) is 11.8 Å². The first-order valence-corrected chi connectivity index (χ1v) is 8.82. The summed E-state index contributed by atoms with van der Waals surface area (Å²) in [6, 6.07) is 7.19. The van der Waals surface area contributed by atoms with Gasteiger partial charge < -0.3 is 10.1 Å². The van der Waals surface area contributed by atoms with Crippen molar-refractivity contribution < 1.29 is 35.9 Å². The Hall–Kier alpha value is -2.92. The number of carbonyl (C=O) groups excluding carboxylic acids is 2. The molecule has 1 amide bonds. The highest BCUT2D eigenvalue weighted by molar-refractivity contribution is 7.89. The van der Waals surface area contributed by atoms with Gasteiger partial charge in [-0.05, 0) is 24.3 Å². The van der Waals surface area contributed by atoms with Gasteiger partial charge in [0.15, 0.2) is 18.2 Å². The average molecular weight is 402 g/mol. The van der Waals surface area contributed by atoms with Crippen LogP contribution in [-0.4, -0.2) is 33.4 Å². The van der Waals surface area contributed by atoms with Crippen LogP contribution in [0.5, 0.6) is 0 Å². The summed E-state index contributed by atoms with van der Waals surface area (Å²) in [6.45, 7) is -1.63. The number of halogens is 3. The second-order valence-corrected chi connectivity index (χ2v) is 6.83. The summed E-state index contributed by atoms with van der Waals surface area (Å²) >= 11 is 0. The third-order valence-electron chi connectivity index (χ3n) is 3.10. The minimum atomic E-state index is -4.29. The Labute approximate surface area is 152 Å². The molecule has 0 spiro atoms. The van der Waals surface area contributed by atoms with Crippen LogP contribution in [0.15, 0.2) is 47.4 Å². The molecule has 0 bridgehead atoms. The topological polar surface area (TPSA) is 102 Å². The summed E-state index contributed by atoms with van der Waals surface area (Å²) in [5, 5.41) is 2.16. The van der Waals surface area contributed by atoms with Gasteiger partial charge in [0.2, 0.25) is 10.0 Å². The second-order valence-electron chi connectivity index (χ2n) is 5.09. The molecule has 0 aliphatic carbocycles. The molecule has 0 aliphatic heterocycles. The Kier molecular flexibility index (Phi) is 6.53. The van der Waals surface area contributed by atoms with Crippen LogP contribution in [0.4, 0.5) is 18.9 Å². The van der Waals surface area contributed by atoms with Gasteiger partial charge in [-0.1, -0.05) is 12.1 Å². The largest absolute Gasteiger partial charge is 0.455 e. The van der Waals surface area contributed by atoms with Gasteiger partial charge in [-0.2, -0.15) is 4.72 Å². The molecule has 27 heavy (non-hydrogen) atoms. The number of ether oxygens (including phenoxy) is 1. The highest BCUT2D eigenvalue weighted by Crippen LogP contribution is 2.13. The van der Waals surface area contributed by atoms with E-state index in [1.807, 2.05) is 4.72 Å². The van der Waals surface area contributed by atoms with Crippen LogP contribution in [0, 0.1) is 17.5 Å². The van der Waals surface area contributed by atoms with E-state index in [4.69, 9.17) is 0 Å². The number of carbonyl (C=O) groups is 2. The second kappa shape index (κ2) is 8.64. The highest BCUT2D eigenvalue weighted by atomic mass is 32.2. The van der Waals surface area contributed by atoms with Crippen molar-refractivity contribution in [3.8, 4) is 0 Å². The Morgan fingerprint density at radius 3 is 2.33 bits per heavy atom. The summed E-state index contributed by atoms with van der Waals surface area (Å²) in [6.07, 6.45) is 0. The molecule has 0 aliphatic rings.